The third kappa shape index (κ3) is 56.2. The molecule has 0 amide bonds. The van der Waals surface area contributed by atoms with Crippen LogP contribution in [0.1, 0.15) is 233 Å². The van der Waals surface area contributed by atoms with Gasteiger partial charge < -0.3 is 14.2 Å². The van der Waals surface area contributed by atoms with E-state index >= 15 is 0 Å². The average Bonchev–Trinajstić information content (AvgIpc) is 3.38. The molecule has 0 saturated carbocycles. The first-order chi connectivity index (χ1) is 35.5. The quantitative estimate of drug-likeness (QED) is 0.0261. The lowest BCUT2D eigenvalue weighted by molar-refractivity contribution is -0.167. The summed E-state index contributed by atoms with van der Waals surface area (Å²) in [6.07, 6.45) is 84.4. The smallest absolute Gasteiger partial charge is 0.306 e. The van der Waals surface area contributed by atoms with Crippen molar-refractivity contribution in [1.29, 1.82) is 0 Å². The minimum Gasteiger partial charge on any atom is -0.462 e. The van der Waals surface area contributed by atoms with Crippen LogP contribution in [0.5, 0.6) is 0 Å². The summed E-state index contributed by atoms with van der Waals surface area (Å²) in [5.74, 6) is -0.960. The number of unbranched alkanes of at least 4 members (excludes halogenated alkanes) is 15. The molecule has 404 valence electrons. The van der Waals surface area contributed by atoms with E-state index in [1.807, 2.05) is 0 Å². The van der Waals surface area contributed by atoms with Gasteiger partial charge in [0.1, 0.15) is 13.2 Å². The Morgan fingerprint density at radius 1 is 0.292 bits per heavy atom. The van der Waals surface area contributed by atoms with Gasteiger partial charge >= 0.3 is 17.9 Å². The second kappa shape index (κ2) is 58.9. The zero-order valence-corrected chi connectivity index (χ0v) is 46.1. The van der Waals surface area contributed by atoms with Gasteiger partial charge in [0.2, 0.25) is 0 Å². The summed E-state index contributed by atoms with van der Waals surface area (Å²) >= 11 is 0. The van der Waals surface area contributed by atoms with Crippen LogP contribution in [-0.4, -0.2) is 37.2 Å². The van der Waals surface area contributed by atoms with Crippen LogP contribution in [0.2, 0.25) is 0 Å². The molecular formula is C66H104O6. The SMILES string of the molecule is CC/C=C\C/C=C\C/C=C\C/C=C\C/C=C\C/C=C\C/C=C\C/C=C\C/C=C\CCCCCC(=O)OCC(COC(=O)CCCCCCCC)OC(=O)CCCCCCCCC/C=C\C/C=C\C/C=C\CC. The first kappa shape index (κ1) is 67.3. The molecule has 0 aliphatic rings. The van der Waals surface area contributed by atoms with Crippen LogP contribution in [0.4, 0.5) is 0 Å². The molecule has 0 spiro atoms. The number of allylic oxidation sites excluding steroid dienone is 24. The fourth-order valence-corrected chi connectivity index (χ4v) is 7.33. The largest absolute Gasteiger partial charge is 0.462 e. The number of hydrogen-bond acceptors (Lipinski definition) is 6. The lowest BCUT2D eigenvalue weighted by atomic mass is 10.1. The highest BCUT2D eigenvalue weighted by molar-refractivity contribution is 5.71. The first-order valence-corrected chi connectivity index (χ1v) is 28.8. The highest BCUT2D eigenvalue weighted by atomic mass is 16.6. The molecule has 0 aromatic heterocycles. The van der Waals surface area contributed by atoms with Gasteiger partial charge in [-0.25, -0.2) is 0 Å². The molecule has 72 heavy (non-hydrogen) atoms. The second-order valence-corrected chi connectivity index (χ2v) is 18.4. The Labute approximate surface area is 442 Å². The van der Waals surface area contributed by atoms with E-state index < -0.39 is 6.10 Å². The van der Waals surface area contributed by atoms with Crippen molar-refractivity contribution in [1.82, 2.24) is 0 Å². The fourth-order valence-electron chi connectivity index (χ4n) is 7.33. The van der Waals surface area contributed by atoms with E-state index in [-0.39, 0.29) is 31.1 Å². The summed E-state index contributed by atoms with van der Waals surface area (Å²) in [6, 6.07) is 0. The standard InChI is InChI=1S/C66H104O6/c1-4-7-10-13-16-18-20-22-24-26-27-28-29-30-31-32-33-34-35-36-37-38-39-41-42-44-46-48-50-53-56-59-65(68)71-62-63(61-70-64(67)58-55-52-15-12-9-6-3)72-66(69)60-57-54-51-49-47-45-43-40-25-23-21-19-17-14-11-8-5-2/h7-8,10-11,16-19,22-25,27-28,30-31,33-34,36-37,39,41,44,46,63H,4-6,9,12-15,20-21,26,29,32,35,38,40,42-43,45,47-62H2,1-3H3/b10-7-,11-8-,18-16-,19-17-,24-22-,25-23-,28-27-,31-30-,34-33-,37-36-,41-39-,46-44-. The number of esters is 3. The van der Waals surface area contributed by atoms with Crippen molar-refractivity contribution in [3.63, 3.8) is 0 Å². The van der Waals surface area contributed by atoms with E-state index in [1.165, 1.54) is 44.9 Å². The molecule has 0 heterocycles. The zero-order valence-electron chi connectivity index (χ0n) is 46.1. The number of carbonyl (C=O) groups is 3. The summed E-state index contributed by atoms with van der Waals surface area (Å²) in [7, 11) is 0. The van der Waals surface area contributed by atoms with Gasteiger partial charge in [0.05, 0.1) is 0 Å². The topological polar surface area (TPSA) is 78.9 Å². The maximum Gasteiger partial charge on any atom is 0.306 e. The van der Waals surface area contributed by atoms with Crippen LogP contribution in [0.15, 0.2) is 146 Å². The minimum atomic E-state index is -0.800. The van der Waals surface area contributed by atoms with Crippen molar-refractivity contribution in [3.8, 4) is 0 Å². The molecule has 0 N–H and O–H groups in total. The van der Waals surface area contributed by atoms with Gasteiger partial charge in [-0.15, -0.1) is 0 Å². The summed E-state index contributed by atoms with van der Waals surface area (Å²) in [5.41, 5.74) is 0. The second-order valence-electron chi connectivity index (χ2n) is 18.4. The summed E-state index contributed by atoms with van der Waals surface area (Å²) in [5, 5.41) is 0. The monoisotopic (exact) mass is 993 g/mol. The van der Waals surface area contributed by atoms with Crippen LogP contribution in [-0.2, 0) is 28.6 Å². The molecule has 0 aromatic carbocycles. The predicted molar refractivity (Wildman–Crippen MR) is 311 cm³/mol. The van der Waals surface area contributed by atoms with Crippen molar-refractivity contribution in [2.45, 2.75) is 239 Å². The van der Waals surface area contributed by atoms with Gasteiger partial charge in [-0.2, -0.15) is 0 Å². The average molecular weight is 994 g/mol. The lowest BCUT2D eigenvalue weighted by Crippen LogP contribution is -2.30. The van der Waals surface area contributed by atoms with Crippen molar-refractivity contribution in [2.24, 2.45) is 0 Å². The Balaban J connectivity index is 4.25. The normalized spacial score (nSPS) is 13.2. The summed E-state index contributed by atoms with van der Waals surface area (Å²) in [4.78, 5) is 37.9. The number of ether oxygens (including phenoxy) is 3. The van der Waals surface area contributed by atoms with Gasteiger partial charge in [0, 0.05) is 19.3 Å². The van der Waals surface area contributed by atoms with Gasteiger partial charge in [0.15, 0.2) is 6.10 Å². The molecule has 0 fully saturated rings. The van der Waals surface area contributed by atoms with Crippen LogP contribution in [0.25, 0.3) is 0 Å². The summed E-state index contributed by atoms with van der Waals surface area (Å²) in [6.45, 7) is 6.30. The third-order valence-corrected chi connectivity index (χ3v) is 11.6. The van der Waals surface area contributed by atoms with Crippen LogP contribution in [0.3, 0.4) is 0 Å². The highest BCUT2D eigenvalue weighted by Crippen LogP contribution is 2.13. The number of carbonyl (C=O) groups excluding carboxylic acids is 3. The Morgan fingerprint density at radius 2 is 0.542 bits per heavy atom. The maximum absolute atomic E-state index is 12.8. The van der Waals surface area contributed by atoms with E-state index in [0.717, 1.165) is 148 Å². The lowest BCUT2D eigenvalue weighted by Gasteiger charge is -2.18. The zero-order chi connectivity index (χ0) is 52.2. The van der Waals surface area contributed by atoms with E-state index in [1.54, 1.807) is 0 Å². The Morgan fingerprint density at radius 3 is 0.861 bits per heavy atom. The van der Waals surface area contributed by atoms with E-state index in [9.17, 15) is 14.4 Å². The molecule has 0 aliphatic carbocycles. The molecule has 0 rings (SSSR count). The van der Waals surface area contributed by atoms with Crippen molar-refractivity contribution >= 4 is 17.9 Å². The molecule has 0 bridgehead atoms. The van der Waals surface area contributed by atoms with Gasteiger partial charge in [-0.3, -0.25) is 14.4 Å². The van der Waals surface area contributed by atoms with Crippen LogP contribution < -0.4 is 0 Å². The fraction of sp³-hybridized carbons (Fsp3) is 0.591. The van der Waals surface area contributed by atoms with Crippen molar-refractivity contribution in [3.05, 3.63) is 146 Å². The van der Waals surface area contributed by atoms with Gasteiger partial charge in [-0.1, -0.05) is 237 Å². The molecule has 0 radical (unpaired) electrons. The summed E-state index contributed by atoms with van der Waals surface area (Å²) < 4.78 is 16.7. The first-order valence-electron chi connectivity index (χ1n) is 28.8. The number of hydrogen-bond donors (Lipinski definition) is 0. The molecule has 6 nitrogen and oxygen atoms in total. The highest BCUT2D eigenvalue weighted by Gasteiger charge is 2.19. The molecule has 0 saturated heterocycles. The Kier molecular flexibility index (Phi) is 55.0. The van der Waals surface area contributed by atoms with Gasteiger partial charge in [0.25, 0.3) is 0 Å². The number of rotatable bonds is 50. The van der Waals surface area contributed by atoms with Crippen molar-refractivity contribution < 1.29 is 28.6 Å². The maximum atomic E-state index is 12.8. The minimum absolute atomic E-state index is 0.0977. The van der Waals surface area contributed by atoms with Gasteiger partial charge in [-0.05, 0) is 122 Å². The molecular weight excluding hydrogens is 889 g/mol. The molecule has 0 aromatic rings. The predicted octanol–water partition coefficient (Wildman–Crippen LogP) is 19.6. The Hall–Kier alpha value is -4.71. The van der Waals surface area contributed by atoms with E-state index in [4.69, 9.17) is 14.2 Å². The third-order valence-electron chi connectivity index (χ3n) is 11.6. The Bertz CT molecular complexity index is 1610. The van der Waals surface area contributed by atoms with E-state index in [2.05, 4.69) is 167 Å². The molecule has 1 atom stereocenters. The van der Waals surface area contributed by atoms with E-state index in [0.29, 0.717) is 19.3 Å². The molecule has 1 unspecified atom stereocenters. The molecule has 0 aliphatic heterocycles. The van der Waals surface area contributed by atoms with Crippen LogP contribution in [0, 0.1) is 0 Å². The van der Waals surface area contributed by atoms with Crippen molar-refractivity contribution in [2.75, 3.05) is 13.2 Å². The molecule has 6 heteroatoms. The van der Waals surface area contributed by atoms with Crippen LogP contribution >= 0.6 is 0 Å².